The van der Waals surface area contributed by atoms with E-state index in [2.05, 4.69) is 15.9 Å². The molecule has 2 aromatic carbocycles. The summed E-state index contributed by atoms with van der Waals surface area (Å²) in [6.07, 6.45) is 3.30. The lowest BCUT2D eigenvalue weighted by molar-refractivity contribution is -0.384. The molecule has 4 unspecified atom stereocenters. The van der Waals surface area contributed by atoms with Gasteiger partial charge in [0.05, 0.1) is 33.5 Å². The van der Waals surface area contributed by atoms with Gasteiger partial charge in [0.1, 0.15) is 0 Å². The van der Waals surface area contributed by atoms with E-state index in [1.165, 1.54) is 30.3 Å². The van der Waals surface area contributed by atoms with Crippen molar-refractivity contribution in [3.63, 3.8) is 0 Å². The van der Waals surface area contributed by atoms with Crippen molar-refractivity contribution in [2.24, 2.45) is 17.8 Å². The molecule has 0 aromatic heterocycles. The van der Waals surface area contributed by atoms with Gasteiger partial charge in [-0.1, -0.05) is 29.8 Å². The van der Waals surface area contributed by atoms with E-state index in [1.807, 2.05) is 6.08 Å². The van der Waals surface area contributed by atoms with Gasteiger partial charge in [0.2, 0.25) is 11.8 Å². The van der Waals surface area contributed by atoms with Gasteiger partial charge in [-0.05, 0) is 53.7 Å². The summed E-state index contributed by atoms with van der Waals surface area (Å²) in [7, 11) is 0. The Bertz CT molecular complexity index is 1670. The zero-order chi connectivity index (χ0) is 29.2. The van der Waals surface area contributed by atoms with Gasteiger partial charge in [0, 0.05) is 40.8 Å². The van der Waals surface area contributed by atoms with Gasteiger partial charge in [0.15, 0.2) is 23.1 Å². The molecule has 4 aliphatic rings. The summed E-state index contributed by atoms with van der Waals surface area (Å²) < 4.78 is 5.68. The van der Waals surface area contributed by atoms with E-state index in [0.29, 0.717) is 17.7 Å². The lowest BCUT2D eigenvalue weighted by Gasteiger charge is -2.42. The lowest BCUT2D eigenvalue weighted by atomic mass is 9.59. The van der Waals surface area contributed by atoms with Crippen molar-refractivity contribution in [1.29, 1.82) is 0 Å². The number of allylic oxidation sites excluding steroid dienone is 6. The largest absolute Gasteiger partial charge is 0.504 e. The Kier molecular flexibility index (Phi) is 6.49. The molecule has 3 aliphatic carbocycles. The predicted molar refractivity (Wildman–Crippen MR) is 149 cm³/mol. The van der Waals surface area contributed by atoms with Crippen molar-refractivity contribution in [2.75, 3.05) is 11.5 Å². The number of benzene rings is 2. The number of rotatable bonds is 5. The Morgan fingerprint density at radius 1 is 1.10 bits per heavy atom. The smallest absolute Gasteiger partial charge is 0.271 e. The molecule has 1 heterocycles. The topological polar surface area (TPSA) is 144 Å². The van der Waals surface area contributed by atoms with Crippen molar-refractivity contribution >= 4 is 50.7 Å². The van der Waals surface area contributed by atoms with Crippen molar-refractivity contribution in [1.82, 2.24) is 0 Å². The number of para-hydroxylation sites is 1. The highest BCUT2D eigenvalue weighted by atomic mass is 79.9. The summed E-state index contributed by atoms with van der Waals surface area (Å²) in [4.78, 5) is 66.1. The van der Waals surface area contributed by atoms with Gasteiger partial charge in [0.25, 0.3) is 5.69 Å². The lowest BCUT2D eigenvalue weighted by Crippen LogP contribution is -2.39. The second-order valence-corrected chi connectivity index (χ2v) is 11.2. The Hall–Kier alpha value is -4.38. The molecule has 2 amide bonds. The zero-order valence-electron chi connectivity index (χ0n) is 21.7. The Labute approximate surface area is 242 Å². The Morgan fingerprint density at radius 2 is 1.85 bits per heavy atom. The number of aromatic hydroxyl groups is 1. The molecule has 1 aliphatic heterocycles. The molecular weight excluding hydrogens is 596 g/mol. The van der Waals surface area contributed by atoms with Crippen molar-refractivity contribution in [3.8, 4) is 11.5 Å². The number of phenolic OH excluding ortho intramolecular Hbond substituents is 1. The fraction of sp³-hybridized carbons (Fsp3) is 0.267. The first-order chi connectivity index (χ1) is 19.6. The fourth-order valence-corrected chi connectivity index (χ4v) is 7.05. The maximum Gasteiger partial charge on any atom is 0.271 e. The molecule has 41 heavy (non-hydrogen) atoms. The van der Waals surface area contributed by atoms with E-state index >= 15 is 0 Å². The number of nitrogens with zero attached hydrogens (tertiary/aromatic N) is 2. The molecule has 208 valence electrons. The van der Waals surface area contributed by atoms with Gasteiger partial charge in [-0.2, -0.15) is 0 Å². The number of amides is 2. The number of ether oxygens (including phenoxy) is 1. The standard InChI is InChI=1S/C30H23BrN2O8/c1-2-41-23-8-4-7-17(28(23)36)24-16-9-10-18-25(19(16)12-20-26(24)22(34)13-21(31)27(20)35)30(38)32(29(18)37)14-5-3-6-15(11-14)33(39)40/h3-9,11,13,18-19,24-25,36H,2,10,12H2,1H3. The van der Waals surface area contributed by atoms with Crippen LogP contribution < -0.4 is 9.64 Å². The molecule has 11 heteroatoms. The van der Waals surface area contributed by atoms with Crippen LogP contribution in [-0.4, -0.2) is 40.0 Å². The highest BCUT2D eigenvalue weighted by Gasteiger charge is 2.57. The molecule has 0 saturated carbocycles. The van der Waals surface area contributed by atoms with Crippen LogP contribution in [0.2, 0.25) is 0 Å². The number of nitro groups is 1. The monoisotopic (exact) mass is 618 g/mol. The average molecular weight is 619 g/mol. The van der Waals surface area contributed by atoms with E-state index in [9.17, 15) is 34.4 Å². The number of imide groups is 1. The molecule has 1 saturated heterocycles. The number of fused-ring (bicyclic) bond motifs is 3. The van der Waals surface area contributed by atoms with Crippen LogP contribution in [0.25, 0.3) is 0 Å². The maximum atomic E-state index is 14.0. The summed E-state index contributed by atoms with van der Waals surface area (Å²) in [6, 6.07) is 10.3. The summed E-state index contributed by atoms with van der Waals surface area (Å²) in [6.45, 7) is 2.07. The molecule has 1 fully saturated rings. The molecule has 0 radical (unpaired) electrons. The highest BCUT2D eigenvalue weighted by Crippen LogP contribution is 2.57. The number of nitro benzene ring substituents is 1. The van der Waals surface area contributed by atoms with Crippen LogP contribution >= 0.6 is 15.9 Å². The third-order valence-electron chi connectivity index (χ3n) is 8.27. The number of hydrogen-bond donors (Lipinski definition) is 1. The number of ketones is 2. The van der Waals surface area contributed by atoms with E-state index in [4.69, 9.17) is 4.74 Å². The number of Topliss-reactive ketones (excluding diaryl/α,β-unsaturated/α-hetero) is 1. The van der Waals surface area contributed by atoms with Crippen LogP contribution in [0.1, 0.15) is 31.2 Å². The van der Waals surface area contributed by atoms with Crippen LogP contribution in [0.5, 0.6) is 11.5 Å². The van der Waals surface area contributed by atoms with Gasteiger partial charge in [-0.25, -0.2) is 4.90 Å². The number of anilines is 1. The van der Waals surface area contributed by atoms with Crippen LogP contribution in [0.3, 0.4) is 0 Å². The van der Waals surface area contributed by atoms with Crippen LogP contribution in [0.4, 0.5) is 11.4 Å². The number of carbonyl (C=O) groups is 4. The van der Waals surface area contributed by atoms with Crippen LogP contribution in [-0.2, 0) is 19.2 Å². The first-order valence-corrected chi connectivity index (χ1v) is 13.9. The van der Waals surface area contributed by atoms with Gasteiger partial charge >= 0.3 is 0 Å². The number of non-ortho nitro benzene ring substituents is 1. The second kappa shape index (κ2) is 9.91. The number of carbonyl (C=O) groups excluding carboxylic acids is 4. The fourth-order valence-electron chi connectivity index (χ4n) is 6.61. The number of phenols is 1. The average Bonchev–Trinajstić information content (AvgIpc) is 3.21. The molecule has 0 bridgehead atoms. The molecule has 6 rings (SSSR count). The van der Waals surface area contributed by atoms with Gasteiger partial charge < -0.3 is 9.84 Å². The van der Waals surface area contributed by atoms with Crippen LogP contribution in [0.15, 0.2) is 75.8 Å². The first kappa shape index (κ1) is 26.8. The quantitative estimate of drug-likeness (QED) is 0.167. The van der Waals surface area contributed by atoms with Crippen LogP contribution in [0, 0.1) is 27.9 Å². The molecule has 2 aromatic rings. The van der Waals surface area contributed by atoms with Gasteiger partial charge in [-0.15, -0.1) is 0 Å². The van der Waals surface area contributed by atoms with E-state index in [-0.39, 0.29) is 57.1 Å². The number of hydrogen-bond acceptors (Lipinski definition) is 8. The minimum absolute atomic E-state index is 0.0556. The Balaban J connectivity index is 1.49. The second-order valence-electron chi connectivity index (χ2n) is 10.3. The summed E-state index contributed by atoms with van der Waals surface area (Å²) in [5.74, 6) is -4.77. The van der Waals surface area contributed by atoms with Gasteiger partial charge in [-0.3, -0.25) is 29.3 Å². The summed E-state index contributed by atoms with van der Waals surface area (Å²) in [5.41, 5.74) is 1.34. The van der Waals surface area contributed by atoms with Crippen molar-refractivity contribution in [2.45, 2.75) is 25.7 Å². The van der Waals surface area contributed by atoms with E-state index in [0.717, 1.165) is 4.90 Å². The minimum atomic E-state index is -0.858. The van der Waals surface area contributed by atoms with Crippen molar-refractivity contribution in [3.05, 3.63) is 91.5 Å². The summed E-state index contributed by atoms with van der Waals surface area (Å²) >= 11 is 3.19. The van der Waals surface area contributed by atoms with E-state index < -0.39 is 46.2 Å². The first-order valence-electron chi connectivity index (χ1n) is 13.1. The summed E-state index contributed by atoms with van der Waals surface area (Å²) in [5, 5.41) is 22.6. The normalized spacial score (nSPS) is 25.4. The SMILES string of the molecule is CCOc1cccc(C2C3=CCC4C(=O)N(c5cccc([N+](=O)[O-])c5)C(=O)C4C3CC3=C2C(=O)C=C(Br)C3=O)c1O. The third kappa shape index (κ3) is 4.06. The highest BCUT2D eigenvalue weighted by molar-refractivity contribution is 9.12. The molecular formula is C30H23BrN2O8. The molecule has 0 spiro atoms. The maximum absolute atomic E-state index is 14.0. The molecule has 1 N–H and O–H groups in total. The van der Waals surface area contributed by atoms with Crippen molar-refractivity contribution < 1.29 is 33.9 Å². The Morgan fingerprint density at radius 3 is 2.59 bits per heavy atom. The number of halogens is 1. The molecule has 4 atom stereocenters. The zero-order valence-corrected chi connectivity index (χ0v) is 23.3. The van der Waals surface area contributed by atoms with E-state index in [1.54, 1.807) is 25.1 Å². The third-order valence-corrected chi connectivity index (χ3v) is 8.86. The molecule has 10 nitrogen and oxygen atoms in total. The minimum Gasteiger partial charge on any atom is -0.504 e. The predicted octanol–water partition coefficient (Wildman–Crippen LogP) is 4.67.